The zero-order valence-corrected chi connectivity index (χ0v) is 22.9. The number of aromatic hydroxyl groups is 1. The quantitative estimate of drug-likeness (QED) is 0.239. The number of phenolic OH excluding ortho intramolecular Hbond substituents is 1. The van der Waals surface area contributed by atoms with E-state index in [0.717, 1.165) is 16.6 Å². The van der Waals surface area contributed by atoms with Crippen molar-refractivity contribution in [1.29, 1.82) is 5.26 Å². The predicted molar refractivity (Wildman–Crippen MR) is 155 cm³/mol. The Balaban J connectivity index is 1.51. The SMILES string of the molecule is Cc1cc2c(-n3cncn3)nc3c(F)c(-c4cc(O)cc5ccc(F)cc45)c(CCC#N)cc3c2n1C1[C@@H]2CC[C@H]1C2. The summed E-state index contributed by atoms with van der Waals surface area (Å²) in [4.78, 5) is 8.97. The molecule has 2 bridgehead atoms. The van der Waals surface area contributed by atoms with Crippen molar-refractivity contribution >= 4 is 32.6 Å². The molecule has 7 nitrogen and oxygen atoms in total. The van der Waals surface area contributed by atoms with Gasteiger partial charge in [-0.3, -0.25) is 0 Å². The number of nitriles is 1. The van der Waals surface area contributed by atoms with Gasteiger partial charge >= 0.3 is 0 Å². The van der Waals surface area contributed by atoms with Crippen LogP contribution in [0.4, 0.5) is 8.78 Å². The van der Waals surface area contributed by atoms with E-state index in [1.54, 1.807) is 17.1 Å². The third-order valence-corrected chi connectivity index (χ3v) is 9.36. The third-order valence-electron chi connectivity index (χ3n) is 9.36. The predicted octanol–water partition coefficient (Wildman–Crippen LogP) is 7.31. The van der Waals surface area contributed by atoms with Gasteiger partial charge in [0.2, 0.25) is 0 Å². The molecular formula is C33H26F2N6O. The number of rotatable bonds is 5. The number of phenols is 1. The maximum absolute atomic E-state index is 17.2. The number of pyridine rings is 1. The molecule has 1 unspecified atom stereocenters. The molecule has 0 aliphatic heterocycles. The second kappa shape index (κ2) is 9.08. The fraction of sp³-hybridized carbons (Fsp3) is 0.273. The monoisotopic (exact) mass is 560 g/mol. The summed E-state index contributed by atoms with van der Waals surface area (Å²) in [7, 11) is 0. The number of fused-ring (bicyclic) bond motifs is 5. The number of halogens is 2. The van der Waals surface area contributed by atoms with Gasteiger partial charge < -0.3 is 9.67 Å². The minimum absolute atomic E-state index is 0.0634. The molecule has 208 valence electrons. The molecule has 0 saturated heterocycles. The molecule has 3 saturated carbocycles. The average Bonchev–Trinajstić information content (AvgIpc) is 3.78. The van der Waals surface area contributed by atoms with Crippen molar-refractivity contribution in [3.05, 3.63) is 78.0 Å². The Morgan fingerprint density at radius 1 is 1.05 bits per heavy atom. The number of hydrogen-bond acceptors (Lipinski definition) is 5. The van der Waals surface area contributed by atoms with E-state index in [4.69, 9.17) is 4.98 Å². The lowest BCUT2D eigenvalue weighted by atomic mass is 9.78. The van der Waals surface area contributed by atoms with Crippen LogP contribution in [0.25, 0.3) is 49.5 Å². The standard InChI is InChI=1S/C33H26F2N6O/c1-17-9-27-32(41(17)31-20-4-5-21(31)10-20)26-12-19(3-2-8-36)28(29(35)30(26)39-33(27)40-16-37-15-38-40)25-14-23(42)11-18-6-7-22(34)13-24(18)25/h6-7,9,11-16,20-21,31,42H,2-5,10H2,1H3/t20-,21+,31?. The Morgan fingerprint density at radius 2 is 1.88 bits per heavy atom. The number of hydrogen-bond donors (Lipinski definition) is 1. The van der Waals surface area contributed by atoms with Crippen molar-refractivity contribution in [3.63, 3.8) is 0 Å². The summed E-state index contributed by atoms with van der Waals surface area (Å²) < 4.78 is 35.6. The normalized spacial score (nSPS) is 19.5. The van der Waals surface area contributed by atoms with Crippen molar-refractivity contribution in [2.24, 2.45) is 11.8 Å². The summed E-state index contributed by atoms with van der Waals surface area (Å²) in [5.74, 6) is 0.556. The highest BCUT2D eigenvalue weighted by atomic mass is 19.1. The van der Waals surface area contributed by atoms with Crippen LogP contribution in [0.1, 0.15) is 43.0 Å². The Hall–Kier alpha value is -4.84. The van der Waals surface area contributed by atoms with Crippen molar-refractivity contribution in [2.75, 3.05) is 0 Å². The van der Waals surface area contributed by atoms with Gasteiger partial charge in [-0.05, 0) is 103 Å². The first-order valence-corrected chi connectivity index (χ1v) is 14.2. The van der Waals surface area contributed by atoms with Crippen molar-refractivity contribution in [1.82, 2.24) is 24.3 Å². The third kappa shape index (κ3) is 3.51. The largest absolute Gasteiger partial charge is 0.508 e. The van der Waals surface area contributed by atoms with E-state index in [1.807, 2.05) is 6.07 Å². The molecule has 0 amide bonds. The Labute approximate surface area is 239 Å². The minimum atomic E-state index is -0.582. The highest BCUT2D eigenvalue weighted by Gasteiger charge is 2.48. The van der Waals surface area contributed by atoms with Crippen LogP contribution in [-0.4, -0.2) is 29.4 Å². The van der Waals surface area contributed by atoms with Gasteiger partial charge in [-0.15, -0.1) is 0 Å². The molecule has 3 aromatic carbocycles. The molecule has 3 aliphatic rings. The van der Waals surface area contributed by atoms with Crippen LogP contribution in [0, 0.1) is 41.7 Å². The zero-order chi connectivity index (χ0) is 28.7. The molecule has 9 rings (SSSR count). The smallest absolute Gasteiger partial charge is 0.165 e. The van der Waals surface area contributed by atoms with Crippen molar-refractivity contribution in [3.8, 4) is 28.8 Å². The maximum Gasteiger partial charge on any atom is 0.165 e. The van der Waals surface area contributed by atoms with Crippen LogP contribution in [0.3, 0.4) is 0 Å². The van der Waals surface area contributed by atoms with Gasteiger partial charge in [-0.1, -0.05) is 6.07 Å². The molecule has 3 aliphatic carbocycles. The van der Waals surface area contributed by atoms with Crippen LogP contribution < -0.4 is 0 Å². The fourth-order valence-electron chi connectivity index (χ4n) is 7.61. The summed E-state index contributed by atoms with van der Waals surface area (Å²) in [5, 5.41) is 27.0. The first kappa shape index (κ1) is 24.9. The van der Waals surface area contributed by atoms with Gasteiger partial charge in [0.25, 0.3) is 0 Å². The van der Waals surface area contributed by atoms with E-state index in [0.29, 0.717) is 51.0 Å². The highest BCUT2D eigenvalue weighted by Crippen LogP contribution is 2.58. The van der Waals surface area contributed by atoms with E-state index in [9.17, 15) is 14.8 Å². The van der Waals surface area contributed by atoms with E-state index in [1.165, 1.54) is 49.9 Å². The molecule has 6 aromatic rings. The lowest BCUT2D eigenvalue weighted by molar-refractivity contribution is 0.167. The Bertz CT molecular complexity index is 2100. The molecular weight excluding hydrogens is 534 g/mol. The molecule has 0 radical (unpaired) electrons. The number of aromatic nitrogens is 5. The topological polar surface area (TPSA) is 92.6 Å². The van der Waals surface area contributed by atoms with E-state index >= 15 is 4.39 Å². The molecule has 3 heterocycles. The Kier molecular flexibility index (Phi) is 5.39. The molecule has 9 heteroatoms. The number of nitrogens with zero attached hydrogens (tertiary/aromatic N) is 6. The van der Waals surface area contributed by atoms with Gasteiger partial charge in [0.05, 0.1) is 11.6 Å². The number of aryl methyl sites for hydroxylation is 2. The summed E-state index contributed by atoms with van der Waals surface area (Å²) in [6.07, 6.45) is 7.04. The second-order valence-electron chi connectivity index (χ2n) is 11.7. The first-order chi connectivity index (χ1) is 20.4. The van der Waals surface area contributed by atoms with Crippen molar-refractivity contribution in [2.45, 2.75) is 45.1 Å². The summed E-state index contributed by atoms with van der Waals surface area (Å²) in [6.45, 7) is 2.09. The van der Waals surface area contributed by atoms with Gasteiger partial charge in [-0.25, -0.2) is 23.4 Å². The maximum atomic E-state index is 17.2. The van der Waals surface area contributed by atoms with Crippen molar-refractivity contribution < 1.29 is 13.9 Å². The summed E-state index contributed by atoms with van der Waals surface area (Å²) in [6, 6.07) is 13.8. The molecule has 0 spiro atoms. The Morgan fingerprint density at radius 3 is 2.62 bits per heavy atom. The van der Waals surface area contributed by atoms with Gasteiger partial charge in [0, 0.05) is 34.5 Å². The molecule has 42 heavy (non-hydrogen) atoms. The minimum Gasteiger partial charge on any atom is -0.508 e. The second-order valence-corrected chi connectivity index (χ2v) is 11.7. The lowest BCUT2D eigenvalue weighted by Crippen LogP contribution is -2.31. The molecule has 3 aromatic heterocycles. The van der Waals surface area contributed by atoms with Crippen LogP contribution in [0.5, 0.6) is 5.75 Å². The van der Waals surface area contributed by atoms with Gasteiger partial charge in [-0.2, -0.15) is 10.4 Å². The first-order valence-electron chi connectivity index (χ1n) is 14.2. The zero-order valence-electron chi connectivity index (χ0n) is 22.9. The van der Waals surface area contributed by atoms with E-state index in [2.05, 4.69) is 33.7 Å². The average molecular weight is 561 g/mol. The van der Waals surface area contributed by atoms with E-state index < -0.39 is 11.6 Å². The molecule has 3 fully saturated rings. The van der Waals surface area contributed by atoms with Crippen LogP contribution >= 0.6 is 0 Å². The highest BCUT2D eigenvalue weighted by molar-refractivity contribution is 6.10. The van der Waals surface area contributed by atoms with Gasteiger partial charge in [0.1, 0.15) is 29.7 Å². The van der Waals surface area contributed by atoms with E-state index in [-0.39, 0.29) is 29.7 Å². The summed E-state index contributed by atoms with van der Waals surface area (Å²) in [5.41, 5.74) is 3.31. The molecule has 1 N–H and O–H groups in total. The van der Waals surface area contributed by atoms with Crippen LogP contribution in [0.2, 0.25) is 0 Å². The van der Waals surface area contributed by atoms with Gasteiger partial charge in [0.15, 0.2) is 11.6 Å². The van der Waals surface area contributed by atoms with Crippen LogP contribution in [0.15, 0.2) is 55.1 Å². The summed E-state index contributed by atoms with van der Waals surface area (Å²) >= 11 is 0. The van der Waals surface area contributed by atoms with Crippen LogP contribution in [-0.2, 0) is 6.42 Å². The fourth-order valence-corrected chi connectivity index (χ4v) is 7.61. The number of benzene rings is 3. The lowest BCUT2D eigenvalue weighted by Gasteiger charge is -2.38. The molecule has 3 atom stereocenters.